The van der Waals surface area contributed by atoms with Crippen molar-refractivity contribution in [3.8, 4) is 11.4 Å². The second-order valence-electron chi connectivity index (χ2n) is 14.9. The first kappa shape index (κ1) is 40.7. The average molecular weight is 811 g/mol. The molecule has 4 aromatic rings. The third-order valence-corrected chi connectivity index (χ3v) is 11.3. The SMILES string of the molecule is CC[C@@]1(O)C(=O)OCc2c1cc1n(c2=O)Cc2c-1nc1cc(F)c(C)c3c1c2[C@@H](N(CC(N)=O)C(=O)CNC(=O)[C@H](Cc1ccccc1)NC(=O)CNC(=O)CN)CC3. The number of rotatable bonds is 13. The number of benzene rings is 2. The highest BCUT2D eigenvalue weighted by Gasteiger charge is 2.46. The van der Waals surface area contributed by atoms with E-state index in [9.17, 15) is 38.7 Å². The number of nitrogens with one attached hydrogen (secondary N) is 3. The zero-order valence-electron chi connectivity index (χ0n) is 32.4. The number of aromatic nitrogens is 2. The maximum atomic E-state index is 15.5. The number of amides is 5. The highest BCUT2D eigenvalue weighted by Crippen LogP contribution is 2.47. The van der Waals surface area contributed by atoms with E-state index >= 15 is 4.39 Å². The quantitative estimate of drug-likeness (QED) is 0.0845. The van der Waals surface area contributed by atoms with Crippen molar-refractivity contribution >= 4 is 46.4 Å². The molecule has 59 heavy (non-hydrogen) atoms. The van der Waals surface area contributed by atoms with Crippen molar-refractivity contribution in [1.82, 2.24) is 30.4 Å². The van der Waals surface area contributed by atoms with Gasteiger partial charge in [0.25, 0.3) is 5.56 Å². The van der Waals surface area contributed by atoms with E-state index in [1.165, 1.54) is 21.6 Å². The molecule has 2 aromatic heterocycles. The predicted octanol–water partition coefficient (Wildman–Crippen LogP) is -0.253. The van der Waals surface area contributed by atoms with Gasteiger partial charge in [-0.2, -0.15) is 0 Å². The Balaban J connectivity index is 1.25. The molecule has 3 atom stereocenters. The van der Waals surface area contributed by atoms with Gasteiger partial charge in [0.15, 0.2) is 5.60 Å². The Bertz CT molecular complexity index is 2510. The fraction of sp³-hybridized carbons (Fsp3) is 0.366. The lowest BCUT2D eigenvalue weighted by Gasteiger charge is -2.37. The molecular formula is C41H43FN8O9. The van der Waals surface area contributed by atoms with Crippen LogP contribution < -0.4 is 33.0 Å². The second kappa shape index (κ2) is 16.0. The van der Waals surface area contributed by atoms with E-state index in [0.717, 1.165) is 0 Å². The number of carbonyl (C=O) groups excluding carboxylic acids is 6. The molecule has 0 radical (unpaired) electrons. The van der Waals surface area contributed by atoms with Crippen LogP contribution in [0.3, 0.4) is 0 Å². The molecule has 5 amide bonds. The van der Waals surface area contributed by atoms with E-state index in [2.05, 4.69) is 16.0 Å². The van der Waals surface area contributed by atoms with Gasteiger partial charge in [0.2, 0.25) is 29.5 Å². The van der Waals surface area contributed by atoms with E-state index in [-0.39, 0.29) is 73.4 Å². The van der Waals surface area contributed by atoms with Crippen LogP contribution in [0.5, 0.6) is 0 Å². The maximum Gasteiger partial charge on any atom is 0.343 e. The van der Waals surface area contributed by atoms with Crippen molar-refractivity contribution in [3.63, 3.8) is 0 Å². The lowest BCUT2D eigenvalue weighted by molar-refractivity contribution is -0.172. The molecule has 17 nitrogen and oxygen atoms in total. The van der Waals surface area contributed by atoms with Gasteiger partial charge in [-0.3, -0.25) is 28.8 Å². The number of carbonyl (C=O) groups is 6. The van der Waals surface area contributed by atoms with Gasteiger partial charge in [-0.15, -0.1) is 0 Å². The number of cyclic esters (lactones) is 1. The number of aliphatic hydroxyl groups is 1. The minimum atomic E-state index is -2.09. The summed E-state index contributed by atoms with van der Waals surface area (Å²) in [6.45, 7) is 0.867. The molecule has 0 spiro atoms. The Labute approximate surface area is 336 Å². The van der Waals surface area contributed by atoms with Crippen LogP contribution in [0.4, 0.5) is 4.39 Å². The second-order valence-corrected chi connectivity index (χ2v) is 14.9. The Hall–Kier alpha value is -6.53. The number of ether oxygens (including phenoxy) is 1. The monoisotopic (exact) mass is 810 g/mol. The number of primary amides is 1. The van der Waals surface area contributed by atoms with Gasteiger partial charge >= 0.3 is 5.97 Å². The minimum absolute atomic E-state index is 0.0398. The summed E-state index contributed by atoms with van der Waals surface area (Å²) in [5.74, 6) is -4.92. The standard InChI is InChI=1S/C41H43FN8O9/c1-3-41(58)25-12-30-37-23(17-50(30)39(56)24(25)19-59-40(41)57)36-29(10-9-22-20(2)26(42)13-27(48-37)35(22)36)49(18-31(44)51)34(54)16-46-38(55)28(11-21-7-5-4-6-8-21)47-33(53)15-45-32(52)14-43/h4-8,12-13,28-29,58H,3,9-11,14-19,43H2,1-2H3,(H2,44,51)(H,45,52)(H,46,55)(H,47,53)/t28-,29-,41-/m0/s1. The molecule has 308 valence electrons. The summed E-state index contributed by atoms with van der Waals surface area (Å²) in [5, 5.41) is 19.5. The van der Waals surface area contributed by atoms with Crippen LogP contribution in [0.1, 0.15) is 64.8 Å². The van der Waals surface area contributed by atoms with E-state index in [1.54, 1.807) is 44.2 Å². The minimum Gasteiger partial charge on any atom is -0.458 e. The van der Waals surface area contributed by atoms with Gasteiger partial charge in [-0.1, -0.05) is 37.3 Å². The van der Waals surface area contributed by atoms with Crippen LogP contribution in [0.15, 0.2) is 47.3 Å². The summed E-state index contributed by atoms with van der Waals surface area (Å²) in [7, 11) is 0. The van der Waals surface area contributed by atoms with Crippen LogP contribution in [0.25, 0.3) is 22.3 Å². The van der Waals surface area contributed by atoms with Crippen molar-refractivity contribution in [3.05, 3.63) is 97.6 Å². The first-order valence-corrected chi connectivity index (χ1v) is 19.1. The predicted molar refractivity (Wildman–Crippen MR) is 208 cm³/mol. The van der Waals surface area contributed by atoms with Gasteiger partial charge < -0.3 is 46.7 Å². The van der Waals surface area contributed by atoms with Gasteiger partial charge in [0, 0.05) is 29.0 Å². The van der Waals surface area contributed by atoms with Crippen LogP contribution in [-0.4, -0.2) is 87.3 Å². The first-order valence-electron chi connectivity index (χ1n) is 19.1. The third-order valence-electron chi connectivity index (χ3n) is 11.3. The van der Waals surface area contributed by atoms with Crippen LogP contribution in [0.2, 0.25) is 0 Å². The highest BCUT2D eigenvalue weighted by molar-refractivity contribution is 5.96. The fourth-order valence-electron chi connectivity index (χ4n) is 8.32. The number of aryl methyl sites for hydroxylation is 1. The summed E-state index contributed by atoms with van der Waals surface area (Å²) >= 11 is 0. The van der Waals surface area contributed by atoms with Gasteiger partial charge in [-0.25, -0.2) is 14.2 Å². The molecule has 18 heteroatoms. The average Bonchev–Trinajstić information content (AvgIpc) is 3.60. The number of nitrogens with two attached hydrogens (primary N) is 2. The van der Waals surface area contributed by atoms with Crippen LogP contribution in [-0.2, 0) is 65.1 Å². The number of hydrogen-bond acceptors (Lipinski definition) is 11. The molecule has 0 saturated carbocycles. The Morgan fingerprint density at radius 1 is 1.07 bits per heavy atom. The number of pyridine rings is 2. The zero-order chi connectivity index (χ0) is 42.3. The molecule has 8 N–H and O–H groups in total. The van der Waals surface area contributed by atoms with Crippen LogP contribution in [0, 0.1) is 12.7 Å². The molecule has 0 unspecified atom stereocenters. The van der Waals surface area contributed by atoms with E-state index < -0.39 is 84.2 Å². The number of nitrogens with zero attached hydrogens (tertiary/aromatic N) is 3. The zero-order valence-corrected chi connectivity index (χ0v) is 32.4. The van der Waals surface area contributed by atoms with Crippen molar-refractivity contribution < 1.29 is 43.0 Å². The van der Waals surface area contributed by atoms with E-state index in [0.29, 0.717) is 33.2 Å². The highest BCUT2D eigenvalue weighted by atomic mass is 19.1. The van der Waals surface area contributed by atoms with Crippen molar-refractivity contribution in [2.75, 3.05) is 26.2 Å². The lowest BCUT2D eigenvalue weighted by Crippen LogP contribution is -2.53. The molecular weight excluding hydrogens is 767 g/mol. The maximum absolute atomic E-state index is 15.5. The molecule has 2 aliphatic heterocycles. The van der Waals surface area contributed by atoms with Crippen molar-refractivity contribution in [2.45, 2.75) is 70.4 Å². The molecule has 3 aliphatic rings. The number of halogens is 1. The third kappa shape index (κ3) is 7.40. The topological polar surface area (TPSA) is 258 Å². The van der Waals surface area contributed by atoms with Gasteiger partial charge in [0.05, 0.1) is 61.2 Å². The van der Waals surface area contributed by atoms with E-state index in [1.807, 2.05) is 0 Å². The molecule has 4 heterocycles. The molecule has 1 aliphatic carbocycles. The summed E-state index contributed by atoms with van der Waals surface area (Å²) in [6.07, 6.45) is 0.450. The van der Waals surface area contributed by atoms with Crippen molar-refractivity contribution in [2.24, 2.45) is 11.5 Å². The smallest absolute Gasteiger partial charge is 0.343 e. The number of esters is 1. The first-order chi connectivity index (χ1) is 28.2. The molecule has 0 fully saturated rings. The molecule has 2 aromatic carbocycles. The van der Waals surface area contributed by atoms with Gasteiger partial charge in [-0.05, 0) is 54.5 Å². The molecule has 0 bridgehead atoms. The summed E-state index contributed by atoms with van der Waals surface area (Å²) in [4.78, 5) is 97.9. The lowest BCUT2D eigenvalue weighted by atomic mass is 9.81. The summed E-state index contributed by atoms with van der Waals surface area (Å²) in [5.41, 5.74) is 12.1. The Morgan fingerprint density at radius 2 is 1.81 bits per heavy atom. The molecule has 0 saturated heterocycles. The Kier molecular flexibility index (Phi) is 11.0. The summed E-state index contributed by atoms with van der Waals surface area (Å²) in [6, 6.07) is 9.56. The largest absolute Gasteiger partial charge is 0.458 e. The molecule has 7 rings (SSSR count). The number of hydrogen-bond donors (Lipinski definition) is 6. The van der Waals surface area contributed by atoms with Gasteiger partial charge in [0.1, 0.15) is 18.5 Å². The van der Waals surface area contributed by atoms with E-state index in [4.69, 9.17) is 21.2 Å². The van der Waals surface area contributed by atoms with Crippen molar-refractivity contribution in [1.29, 1.82) is 0 Å². The summed E-state index contributed by atoms with van der Waals surface area (Å²) < 4.78 is 22.1. The normalized spacial score (nSPS) is 17.8. The number of fused-ring (bicyclic) bond motifs is 5. The van der Waals surface area contributed by atoms with Crippen LogP contribution >= 0.6 is 0 Å². The Morgan fingerprint density at radius 3 is 2.51 bits per heavy atom. The fourth-order valence-corrected chi connectivity index (χ4v) is 8.32.